The van der Waals surface area contributed by atoms with Crippen LogP contribution in [0.1, 0.15) is 5.56 Å². The van der Waals surface area contributed by atoms with Crippen LogP contribution in [0.25, 0.3) is 21.3 Å². The number of hydrogen-bond acceptors (Lipinski definition) is 5. The second-order valence-corrected chi connectivity index (χ2v) is 7.04. The molecule has 4 rings (SSSR count). The Labute approximate surface area is 166 Å². The molecular formula is C21H18N4O2S. The number of thiazole rings is 1. The number of pyridine rings is 1. The molecule has 2 amide bonds. The summed E-state index contributed by atoms with van der Waals surface area (Å²) >= 11 is 1.43. The standard InChI is InChI=1S/C21H18N4O2S/c1-27-17-8-7-16(15-5-3-2-4-6-15)19-18(17)24-21(28-19)25-20(26)23-13-14-9-11-22-12-10-14/h2-12H,13H2,1H3,(H2,23,24,25,26). The fourth-order valence-corrected chi connectivity index (χ4v) is 3.88. The molecule has 4 aromatic rings. The van der Waals surface area contributed by atoms with E-state index in [0.717, 1.165) is 26.9 Å². The Balaban J connectivity index is 1.59. The Morgan fingerprint density at radius 1 is 1.07 bits per heavy atom. The number of aromatic nitrogens is 2. The van der Waals surface area contributed by atoms with Gasteiger partial charge in [0.2, 0.25) is 0 Å². The van der Waals surface area contributed by atoms with E-state index >= 15 is 0 Å². The summed E-state index contributed by atoms with van der Waals surface area (Å²) in [5.74, 6) is 0.677. The molecule has 0 unspecified atom stereocenters. The van der Waals surface area contributed by atoms with Crippen LogP contribution in [0.2, 0.25) is 0 Å². The predicted molar refractivity (Wildman–Crippen MR) is 112 cm³/mol. The van der Waals surface area contributed by atoms with E-state index in [1.807, 2.05) is 42.5 Å². The van der Waals surface area contributed by atoms with Gasteiger partial charge < -0.3 is 10.1 Å². The predicted octanol–water partition coefficient (Wildman–Crippen LogP) is 4.69. The van der Waals surface area contributed by atoms with Crippen LogP contribution in [0.15, 0.2) is 67.0 Å². The van der Waals surface area contributed by atoms with Crippen molar-refractivity contribution in [3.8, 4) is 16.9 Å². The summed E-state index contributed by atoms with van der Waals surface area (Å²) in [7, 11) is 1.62. The van der Waals surface area contributed by atoms with Crippen molar-refractivity contribution in [2.45, 2.75) is 6.54 Å². The van der Waals surface area contributed by atoms with Gasteiger partial charge >= 0.3 is 6.03 Å². The zero-order valence-corrected chi connectivity index (χ0v) is 16.0. The number of carbonyl (C=O) groups is 1. The molecule has 0 aliphatic rings. The lowest BCUT2D eigenvalue weighted by Gasteiger charge is -2.05. The zero-order chi connectivity index (χ0) is 19.3. The maximum atomic E-state index is 12.3. The number of urea groups is 1. The van der Waals surface area contributed by atoms with Gasteiger partial charge in [0.25, 0.3) is 0 Å². The van der Waals surface area contributed by atoms with Gasteiger partial charge in [0.05, 0.1) is 11.8 Å². The van der Waals surface area contributed by atoms with Crippen LogP contribution in [0.4, 0.5) is 9.93 Å². The number of carbonyl (C=O) groups excluding carboxylic acids is 1. The minimum atomic E-state index is -0.309. The van der Waals surface area contributed by atoms with Gasteiger partial charge in [-0.25, -0.2) is 9.78 Å². The molecule has 0 saturated carbocycles. The van der Waals surface area contributed by atoms with Gasteiger partial charge in [-0.15, -0.1) is 0 Å². The Kier molecular flexibility index (Phi) is 5.16. The number of ether oxygens (including phenoxy) is 1. The molecule has 0 aliphatic carbocycles. The van der Waals surface area contributed by atoms with Crippen LogP contribution in [0.3, 0.4) is 0 Å². The van der Waals surface area contributed by atoms with Gasteiger partial charge in [0, 0.05) is 24.5 Å². The molecule has 0 radical (unpaired) electrons. The average molecular weight is 390 g/mol. The third-order valence-electron chi connectivity index (χ3n) is 4.23. The summed E-state index contributed by atoms with van der Waals surface area (Å²) in [6.07, 6.45) is 3.39. The number of methoxy groups -OCH3 is 1. The van der Waals surface area contributed by atoms with Crippen LogP contribution in [0, 0.1) is 0 Å². The number of anilines is 1. The SMILES string of the molecule is COc1ccc(-c2ccccc2)c2sc(NC(=O)NCc3ccncc3)nc12. The molecule has 0 bridgehead atoms. The summed E-state index contributed by atoms with van der Waals surface area (Å²) in [4.78, 5) is 20.8. The second kappa shape index (κ2) is 8.06. The van der Waals surface area contributed by atoms with Crippen LogP contribution in [-0.4, -0.2) is 23.1 Å². The number of benzene rings is 2. The molecule has 0 spiro atoms. The fourth-order valence-electron chi connectivity index (χ4n) is 2.87. The maximum Gasteiger partial charge on any atom is 0.321 e. The molecular weight excluding hydrogens is 372 g/mol. The molecule has 0 saturated heterocycles. The first-order valence-corrected chi connectivity index (χ1v) is 9.53. The van der Waals surface area contributed by atoms with Crippen molar-refractivity contribution >= 4 is 32.7 Å². The molecule has 0 aliphatic heterocycles. The molecule has 28 heavy (non-hydrogen) atoms. The molecule has 2 aromatic heterocycles. The van der Waals surface area contributed by atoms with Gasteiger partial charge in [0.1, 0.15) is 11.3 Å². The van der Waals surface area contributed by atoms with Crippen molar-refractivity contribution < 1.29 is 9.53 Å². The van der Waals surface area contributed by atoms with E-state index in [1.165, 1.54) is 11.3 Å². The van der Waals surface area contributed by atoms with Crippen molar-refractivity contribution in [3.05, 3.63) is 72.6 Å². The van der Waals surface area contributed by atoms with Crippen LogP contribution in [-0.2, 0) is 6.54 Å². The van der Waals surface area contributed by atoms with Crippen LogP contribution < -0.4 is 15.4 Å². The Bertz CT molecular complexity index is 1100. The Morgan fingerprint density at radius 3 is 2.61 bits per heavy atom. The minimum Gasteiger partial charge on any atom is -0.494 e. The van der Waals surface area contributed by atoms with Gasteiger partial charge in [-0.05, 0) is 35.4 Å². The third-order valence-corrected chi connectivity index (χ3v) is 5.24. The van der Waals surface area contributed by atoms with Crippen molar-refractivity contribution in [2.75, 3.05) is 12.4 Å². The summed E-state index contributed by atoms with van der Waals surface area (Å²) in [6, 6.07) is 17.4. The van der Waals surface area contributed by atoms with Crippen molar-refractivity contribution in [2.24, 2.45) is 0 Å². The summed E-state index contributed by atoms with van der Waals surface area (Å²) < 4.78 is 6.42. The van der Waals surface area contributed by atoms with Gasteiger partial charge in [-0.1, -0.05) is 41.7 Å². The average Bonchev–Trinajstić information content (AvgIpc) is 3.16. The number of rotatable bonds is 5. The lowest BCUT2D eigenvalue weighted by Crippen LogP contribution is -2.28. The molecule has 2 N–H and O–H groups in total. The first-order chi connectivity index (χ1) is 13.7. The van der Waals surface area contributed by atoms with Crippen LogP contribution >= 0.6 is 11.3 Å². The Hall–Kier alpha value is -3.45. The zero-order valence-electron chi connectivity index (χ0n) is 15.2. The van der Waals surface area contributed by atoms with Gasteiger partial charge in [0.15, 0.2) is 5.13 Å². The van der Waals surface area contributed by atoms with E-state index in [2.05, 4.69) is 32.7 Å². The minimum absolute atomic E-state index is 0.309. The summed E-state index contributed by atoms with van der Waals surface area (Å²) in [5, 5.41) is 6.16. The molecule has 6 nitrogen and oxygen atoms in total. The number of nitrogens with one attached hydrogen (secondary N) is 2. The second-order valence-electron chi connectivity index (χ2n) is 6.04. The van der Waals surface area contributed by atoms with E-state index in [4.69, 9.17) is 4.74 Å². The smallest absolute Gasteiger partial charge is 0.321 e. The molecule has 2 heterocycles. The highest BCUT2D eigenvalue weighted by Gasteiger charge is 2.15. The highest BCUT2D eigenvalue weighted by Crippen LogP contribution is 2.39. The maximum absolute atomic E-state index is 12.3. The lowest BCUT2D eigenvalue weighted by molar-refractivity contribution is 0.251. The van der Waals surface area contributed by atoms with E-state index < -0.39 is 0 Å². The first-order valence-electron chi connectivity index (χ1n) is 8.71. The third kappa shape index (κ3) is 3.79. The van der Waals surface area contributed by atoms with E-state index in [1.54, 1.807) is 19.5 Å². The monoisotopic (exact) mass is 390 g/mol. The number of fused-ring (bicyclic) bond motifs is 1. The van der Waals surface area contributed by atoms with Crippen LogP contribution in [0.5, 0.6) is 5.75 Å². The summed E-state index contributed by atoms with van der Waals surface area (Å²) in [6.45, 7) is 0.415. The van der Waals surface area contributed by atoms with Gasteiger partial charge in [-0.2, -0.15) is 0 Å². The quantitative estimate of drug-likeness (QED) is 0.518. The highest BCUT2D eigenvalue weighted by atomic mass is 32.1. The largest absolute Gasteiger partial charge is 0.494 e. The molecule has 0 fully saturated rings. The highest BCUT2D eigenvalue weighted by molar-refractivity contribution is 7.23. The molecule has 140 valence electrons. The van der Waals surface area contributed by atoms with Gasteiger partial charge in [-0.3, -0.25) is 10.3 Å². The van der Waals surface area contributed by atoms with E-state index in [0.29, 0.717) is 17.4 Å². The lowest BCUT2D eigenvalue weighted by atomic mass is 10.1. The van der Waals surface area contributed by atoms with Crippen molar-refractivity contribution in [1.29, 1.82) is 0 Å². The van der Waals surface area contributed by atoms with E-state index in [9.17, 15) is 4.79 Å². The van der Waals surface area contributed by atoms with Crippen molar-refractivity contribution in [3.63, 3.8) is 0 Å². The molecule has 7 heteroatoms. The van der Waals surface area contributed by atoms with Crippen molar-refractivity contribution in [1.82, 2.24) is 15.3 Å². The number of nitrogens with zero attached hydrogens (tertiary/aromatic N) is 2. The Morgan fingerprint density at radius 2 is 1.86 bits per heavy atom. The number of hydrogen-bond donors (Lipinski definition) is 2. The molecule has 0 atom stereocenters. The summed E-state index contributed by atoms with van der Waals surface area (Å²) in [5.41, 5.74) is 3.85. The fraction of sp³-hybridized carbons (Fsp3) is 0.0952. The normalized spacial score (nSPS) is 10.6. The van der Waals surface area contributed by atoms with E-state index in [-0.39, 0.29) is 6.03 Å². The number of amides is 2. The molecule has 2 aromatic carbocycles. The topological polar surface area (TPSA) is 76.1 Å². The first kappa shape index (κ1) is 17.9.